The molecule has 22 heteroatoms. The molecule has 4 heterocycles. The minimum Gasteiger partial charge on any atom is -0.507 e. The first-order valence-corrected chi connectivity index (χ1v) is 17.0. The molecule has 3 aliphatic heterocycles. The van der Waals surface area contributed by atoms with Gasteiger partial charge in [0, 0.05) is 31.2 Å². The van der Waals surface area contributed by atoms with E-state index in [1.54, 1.807) is 0 Å². The summed E-state index contributed by atoms with van der Waals surface area (Å²) in [5, 5.41) is 135. The summed E-state index contributed by atoms with van der Waals surface area (Å²) in [6.45, 7) is -0.843. The number of hydrogen-bond donors (Lipinski definition) is 13. The largest absolute Gasteiger partial charge is 0.507 e. The Morgan fingerprint density at radius 2 is 1.36 bits per heavy atom. The molecule has 3 aliphatic rings. The number of phenols is 4. The fraction of sp³-hybridized carbons (Fsp3) is 0.529. The summed E-state index contributed by atoms with van der Waals surface area (Å²) in [7, 11) is 0. The molecule has 0 amide bonds. The molecule has 6 rings (SSSR count). The van der Waals surface area contributed by atoms with Crippen LogP contribution >= 0.6 is 0 Å². The molecule has 56 heavy (non-hydrogen) atoms. The molecule has 0 saturated carbocycles. The van der Waals surface area contributed by atoms with Crippen LogP contribution in [0.5, 0.6) is 34.5 Å². The van der Waals surface area contributed by atoms with Crippen molar-refractivity contribution >= 4 is 16.9 Å². The maximum atomic E-state index is 11.4. The van der Waals surface area contributed by atoms with Gasteiger partial charge in [0.15, 0.2) is 29.6 Å². The van der Waals surface area contributed by atoms with E-state index < -0.39 is 141 Å². The van der Waals surface area contributed by atoms with Gasteiger partial charge in [-0.25, -0.2) is 4.42 Å². The van der Waals surface area contributed by atoms with Crippen LogP contribution in [0.15, 0.2) is 34.7 Å². The van der Waals surface area contributed by atoms with Crippen molar-refractivity contribution in [1.29, 1.82) is 0 Å². The summed E-state index contributed by atoms with van der Waals surface area (Å²) >= 11 is 0. The van der Waals surface area contributed by atoms with E-state index in [0.717, 1.165) is 31.2 Å². The van der Waals surface area contributed by atoms with Gasteiger partial charge in [-0.1, -0.05) is 0 Å². The summed E-state index contributed by atoms with van der Waals surface area (Å²) in [5.41, 5.74) is -0.406. The number of fused-ring (bicyclic) bond motifs is 1. The molecule has 308 valence electrons. The standard InChI is InChI=1S/C34H40O22/c1-10(36)49-9-21-25(44)26(45)29(48)33(55-21)52-18-5-12(37)4-17-13(18)6-19(30(51-17)11-2-14(38)22(41)15(39)3-11)53-34-31(27(46)24(43)20(7-35)54-34)56-32-28(47)23(42)16(40)8-50-32/h2-6,16,20-21,23-29,31-35,40,42-48H,7-9H2,1H3,(H3-,37,38,39,41)/p+1/t16-,20-,21-,23+,24+,25-,26+,27+,28-,29-,31-,32+,33-,34-/m1/s1. The Bertz CT molecular complexity index is 1850. The van der Waals surface area contributed by atoms with E-state index in [0.29, 0.717) is 0 Å². The number of carbonyl (C=O) groups is 1. The number of benzene rings is 2. The van der Waals surface area contributed by atoms with Gasteiger partial charge in [0.25, 0.3) is 0 Å². The first kappa shape index (κ1) is 41.2. The Labute approximate surface area is 314 Å². The molecular weight excluding hydrogens is 760 g/mol. The first-order chi connectivity index (χ1) is 26.5. The summed E-state index contributed by atoms with van der Waals surface area (Å²) in [6.07, 6.45) is -24.6. The van der Waals surface area contributed by atoms with Crippen molar-refractivity contribution in [3.05, 3.63) is 30.3 Å². The van der Waals surface area contributed by atoms with Crippen LogP contribution in [0.3, 0.4) is 0 Å². The number of aromatic hydroxyl groups is 4. The van der Waals surface area contributed by atoms with Crippen molar-refractivity contribution in [2.45, 2.75) is 92.9 Å². The molecule has 0 aliphatic carbocycles. The molecule has 0 bridgehead atoms. The third-order valence-corrected chi connectivity index (χ3v) is 9.31. The Hall–Kier alpha value is -4.40. The lowest BCUT2D eigenvalue weighted by Crippen LogP contribution is -2.63. The van der Waals surface area contributed by atoms with Gasteiger partial charge < -0.3 is 99.5 Å². The lowest BCUT2D eigenvalue weighted by Gasteiger charge is -2.44. The number of esters is 1. The minimum atomic E-state index is -1.95. The monoisotopic (exact) mass is 801 g/mol. The predicted octanol–water partition coefficient (Wildman–Crippen LogP) is -3.41. The maximum absolute atomic E-state index is 11.4. The molecular formula is C34H41O22+. The SMILES string of the molecule is CC(=O)OC[C@H]1O[C@@H](Oc2cc(O)cc3[o+]c(-c4cc(O)c(O)c(O)c4)c(O[C@@H]4O[C@H](CO)[C@H](O)[C@H](O)[C@H]4O[C@@H]4OC[C@@H](O)[C@H](O)[C@H]4O)cc23)[C@H](O)[C@@H](O)[C@@H]1O. The molecule has 0 radical (unpaired) electrons. The van der Waals surface area contributed by atoms with E-state index in [2.05, 4.69) is 0 Å². The molecule has 22 nitrogen and oxygen atoms in total. The van der Waals surface area contributed by atoms with Gasteiger partial charge >= 0.3 is 17.3 Å². The van der Waals surface area contributed by atoms with Crippen molar-refractivity contribution in [1.82, 2.24) is 0 Å². The second-order valence-electron chi connectivity index (χ2n) is 13.3. The lowest BCUT2D eigenvalue weighted by atomic mass is 9.98. The second-order valence-corrected chi connectivity index (χ2v) is 13.3. The van der Waals surface area contributed by atoms with Gasteiger partial charge in [0.2, 0.25) is 18.3 Å². The number of aliphatic hydroxyl groups is 9. The zero-order valence-electron chi connectivity index (χ0n) is 29.1. The summed E-state index contributed by atoms with van der Waals surface area (Å²) in [4.78, 5) is 11.4. The van der Waals surface area contributed by atoms with Crippen molar-refractivity contribution in [2.75, 3.05) is 19.8 Å². The van der Waals surface area contributed by atoms with Crippen LogP contribution in [0.1, 0.15) is 6.92 Å². The zero-order chi connectivity index (χ0) is 40.7. The number of carbonyl (C=O) groups excluding carboxylic acids is 1. The van der Waals surface area contributed by atoms with Crippen LogP contribution in [0.2, 0.25) is 0 Å². The van der Waals surface area contributed by atoms with Crippen LogP contribution in [-0.2, 0) is 28.5 Å². The highest BCUT2D eigenvalue weighted by Crippen LogP contribution is 2.46. The molecule has 3 fully saturated rings. The maximum Gasteiger partial charge on any atom is 0.402 e. The van der Waals surface area contributed by atoms with Crippen LogP contribution in [0, 0.1) is 0 Å². The number of phenolic OH excluding ortho intramolecular Hbond substituents is 4. The molecule has 1 aromatic heterocycles. The molecule has 0 spiro atoms. The van der Waals surface area contributed by atoms with E-state index >= 15 is 0 Å². The Balaban J connectivity index is 1.44. The zero-order valence-corrected chi connectivity index (χ0v) is 29.1. The average molecular weight is 802 g/mol. The van der Waals surface area contributed by atoms with E-state index in [-0.39, 0.29) is 28.0 Å². The van der Waals surface area contributed by atoms with Crippen molar-refractivity contribution < 1.29 is 109 Å². The second kappa shape index (κ2) is 16.6. The van der Waals surface area contributed by atoms with Crippen LogP contribution < -0.4 is 9.47 Å². The molecule has 13 N–H and O–H groups in total. The Morgan fingerprint density at radius 3 is 2.02 bits per heavy atom. The average Bonchev–Trinajstić information content (AvgIpc) is 3.15. The summed E-state index contributed by atoms with van der Waals surface area (Å²) in [5.74, 6) is -4.93. The van der Waals surface area contributed by atoms with Crippen molar-refractivity contribution in [3.63, 3.8) is 0 Å². The summed E-state index contributed by atoms with van der Waals surface area (Å²) in [6, 6.07) is 5.17. The van der Waals surface area contributed by atoms with Gasteiger partial charge in [-0.15, -0.1) is 0 Å². The number of aliphatic hydroxyl groups excluding tert-OH is 9. The normalized spacial score (nSPS) is 34.9. The van der Waals surface area contributed by atoms with Gasteiger partial charge in [-0.2, -0.15) is 0 Å². The predicted molar refractivity (Wildman–Crippen MR) is 178 cm³/mol. The topological polar surface area (TPSA) is 356 Å². The highest BCUT2D eigenvalue weighted by atomic mass is 16.8. The molecule has 3 saturated heterocycles. The fourth-order valence-corrected chi connectivity index (χ4v) is 6.24. The quantitative estimate of drug-likeness (QED) is 0.0539. The Morgan fingerprint density at radius 1 is 0.732 bits per heavy atom. The smallest absolute Gasteiger partial charge is 0.402 e. The van der Waals surface area contributed by atoms with Crippen LogP contribution in [0.4, 0.5) is 0 Å². The number of ether oxygens (including phenoxy) is 7. The summed E-state index contributed by atoms with van der Waals surface area (Å²) < 4.78 is 45.3. The van der Waals surface area contributed by atoms with Gasteiger partial charge in [-0.3, -0.25) is 4.79 Å². The first-order valence-electron chi connectivity index (χ1n) is 17.0. The Kier molecular flexibility index (Phi) is 12.2. The van der Waals surface area contributed by atoms with E-state index in [4.69, 9.17) is 37.6 Å². The van der Waals surface area contributed by atoms with Crippen LogP contribution in [-0.4, -0.2) is 178 Å². The molecule has 0 unspecified atom stereocenters. The highest BCUT2D eigenvalue weighted by Gasteiger charge is 2.51. The minimum absolute atomic E-state index is 0.0996. The van der Waals surface area contributed by atoms with Crippen molar-refractivity contribution in [3.8, 4) is 45.8 Å². The molecule has 14 atom stereocenters. The van der Waals surface area contributed by atoms with Gasteiger partial charge in [-0.05, 0) is 0 Å². The van der Waals surface area contributed by atoms with Gasteiger partial charge in [0.05, 0.1) is 24.8 Å². The molecule has 3 aromatic rings. The number of hydrogen-bond acceptors (Lipinski definition) is 21. The third kappa shape index (κ3) is 8.19. The van der Waals surface area contributed by atoms with E-state index in [1.165, 1.54) is 6.07 Å². The van der Waals surface area contributed by atoms with Crippen molar-refractivity contribution in [2.24, 2.45) is 0 Å². The molecule has 2 aromatic carbocycles. The fourth-order valence-electron chi connectivity index (χ4n) is 6.24. The highest BCUT2D eigenvalue weighted by molar-refractivity contribution is 5.89. The van der Waals surface area contributed by atoms with E-state index in [9.17, 15) is 71.2 Å². The lowest BCUT2D eigenvalue weighted by molar-refractivity contribution is -0.344. The van der Waals surface area contributed by atoms with Crippen LogP contribution in [0.25, 0.3) is 22.3 Å². The van der Waals surface area contributed by atoms with Gasteiger partial charge in [0.1, 0.15) is 84.5 Å². The third-order valence-electron chi connectivity index (χ3n) is 9.31. The number of rotatable bonds is 10. The van der Waals surface area contributed by atoms with E-state index in [1.807, 2.05) is 0 Å².